The van der Waals surface area contributed by atoms with Crippen LogP contribution in [0.25, 0.3) is 0 Å². The fourth-order valence-electron chi connectivity index (χ4n) is 3.19. The van der Waals surface area contributed by atoms with Gasteiger partial charge in [0.15, 0.2) is 0 Å². The monoisotopic (exact) mass is 294 g/mol. The van der Waals surface area contributed by atoms with E-state index in [1.807, 2.05) is 0 Å². The summed E-state index contributed by atoms with van der Waals surface area (Å²) < 4.78 is 0. The van der Waals surface area contributed by atoms with Gasteiger partial charge in [0.05, 0.1) is 11.2 Å². The molecule has 0 bridgehead atoms. The standard InChI is InChI=1S/C17H30N2S/c1-5-7-13-8-6-10-17(18,11-9-13)15-19-14(12-20-15)16(2,3)4/h12-13H,5-11,18H2,1-4H3. The summed E-state index contributed by atoms with van der Waals surface area (Å²) in [7, 11) is 0. The van der Waals surface area contributed by atoms with E-state index in [4.69, 9.17) is 10.7 Å². The van der Waals surface area contributed by atoms with Crippen LogP contribution in [0.5, 0.6) is 0 Å². The molecule has 1 aromatic heterocycles. The second-order valence-electron chi connectivity index (χ2n) is 7.53. The van der Waals surface area contributed by atoms with Gasteiger partial charge in [-0.3, -0.25) is 0 Å². The zero-order valence-electron chi connectivity index (χ0n) is 13.5. The van der Waals surface area contributed by atoms with Crippen molar-refractivity contribution in [2.24, 2.45) is 11.7 Å². The second kappa shape index (κ2) is 6.15. The number of hydrogen-bond donors (Lipinski definition) is 1. The third-order valence-corrected chi connectivity index (χ3v) is 5.69. The highest BCUT2D eigenvalue weighted by Gasteiger charge is 2.34. The van der Waals surface area contributed by atoms with Gasteiger partial charge in [0.1, 0.15) is 5.01 Å². The summed E-state index contributed by atoms with van der Waals surface area (Å²) in [6.07, 6.45) is 8.75. The Morgan fingerprint density at radius 2 is 2.10 bits per heavy atom. The summed E-state index contributed by atoms with van der Waals surface area (Å²) >= 11 is 1.77. The van der Waals surface area contributed by atoms with Gasteiger partial charge in [0.2, 0.25) is 0 Å². The van der Waals surface area contributed by atoms with E-state index in [2.05, 4.69) is 33.1 Å². The Balaban J connectivity index is 2.12. The predicted octanol–water partition coefficient (Wildman–Crippen LogP) is 4.98. The average molecular weight is 295 g/mol. The van der Waals surface area contributed by atoms with E-state index in [-0.39, 0.29) is 11.0 Å². The molecule has 2 nitrogen and oxygen atoms in total. The van der Waals surface area contributed by atoms with E-state index in [1.54, 1.807) is 11.3 Å². The lowest BCUT2D eigenvalue weighted by Crippen LogP contribution is -2.36. The first-order valence-corrected chi connectivity index (χ1v) is 8.98. The van der Waals surface area contributed by atoms with Crippen LogP contribution in [0.15, 0.2) is 5.38 Å². The number of rotatable bonds is 3. The van der Waals surface area contributed by atoms with Gasteiger partial charge in [-0.1, -0.05) is 53.4 Å². The summed E-state index contributed by atoms with van der Waals surface area (Å²) in [5, 5.41) is 3.37. The van der Waals surface area contributed by atoms with E-state index in [0.29, 0.717) is 0 Å². The first kappa shape index (κ1) is 16.0. The zero-order chi connectivity index (χ0) is 14.8. The number of nitrogens with zero attached hydrogens (tertiary/aromatic N) is 1. The molecule has 1 saturated carbocycles. The third-order valence-electron chi connectivity index (χ3n) is 4.63. The zero-order valence-corrected chi connectivity index (χ0v) is 14.4. The van der Waals surface area contributed by atoms with Gasteiger partial charge in [0.25, 0.3) is 0 Å². The number of nitrogens with two attached hydrogens (primary N) is 1. The number of aromatic nitrogens is 1. The molecule has 1 aromatic rings. The smallest absolute Gasteiger partial charge is 0.113 e. The SMILES string of the molecule is CCCC1CCCC(N)(c2nc(C(C)(C)C)cs2)CC1. The maximum atomic E-state index is 6.74. The topological polar surface area (TPSA) is 38.9 Å². The Morgan fingerprint density at radius 1 is 1.35 bits per heavy atom. The molecule has 0 saturated heterocycles. The van der Waals surface area contributed by atoms with E-state index in [0.717, 1.165) is 18.8 Å². The van der Waals surface area contributed by atoms with Gasteiger partial charge in [-0.25, -0.2) is 4.98 Å². The first-order chi connectivity index (χ1) is 9.35. The normalized spacial score (nSPS) is 28.4. The van der Waals surface area contributed by atoms with Gasteiger partial charge in [-0.15, -0.1) is 11.3 Å². The minimum Gasteiger partial charge on any atom is -0.319 e. The van der Waals surface area contributed by atoms with Crippen LogP contribution >= 0.6 is 11.3 Å². The molecule has 20 heavy (non-hydrogen) atoms. The van der Waals surface area contributed by atoms with Crippen molar-refractivity contribution in [1.82, 2.24) is 4.98 Å². The predicted molar refractivity (Wildman–Crippen MR) is 88.2 cm³/mol. The molecule has 3 heteroatoms. The van der Waals surface area contributed by atoms with Crippen molar-refractivity contribution in [3.8, 4) is 0 Å². The summed E-state index contributed by atoms with van der Waals surface area (Å²) in [5.74, 6) is 0.882. The molecule has 1 aliphatic rings. The molecule has 0 radical (unpaired) electrons. The Bertz CT molecular complexity index is 432. The fraction of sp³-hybridized carbons (Fsp3) is 0.824. The molecule has 2 atom stereocenters. The van der Waals surface area contributed by atoms with Crippen molar-refractivity contribution in [3.05, 3.63) is 16.1 Å². The highest BCUT2D eigenvalue weighted by molar-refractivity contribution is 7.09. The van der Waals surface area contributed by atoms with Gasteiger partial charge in [0, 0.05) is 10.8 Å². The molecular weight excluding hydrogens is 264 g/mol. The van der Waals surface area contributed by atoms with Gasteiger partial charge < -0.3 is 5.73 Å². The van der Waals surface area contributed by atoms with E-state index in [1.165, 1.54) is 42.8 Å². The van der Waals surface area contributed by atoms with Crippen LogP contribution in [-0.4, -0.2) is 4.98 Å². The van der Waals surface area contributed by atoms with Crippen LogP contribution in [-0.2, 0) is 11.0 Å². The van der Waals surface area contributed by atoms with Gasteiger partial charge >= 0.3 is 0 Å². The van der Waals surface area contributed by atoms with E-state index >= 15 is 0 Å². The molecule has 0 aliphatic heterocycles. The lowest BCUT2D eigenvalue weighted by molar-refractivity contribution is 0.364. The van der Waals surface area contributed by atoms with Crippen molar-refractivity contribution in [1.29, 1.82) is 0 Å². The maximum absolute atomic E-state index is 6.74. The van der Waals surface area contributed by atoms with Crippen LogP contribution in [0.2, 0.25) is 0 Å². The molecule has 114 valence electrons. The average Bonchev–Trinajstić information content (AvgIpc) is 2.79. The summed E-state index contributed by atoms with van der Waals surface area (Å²) in [6.45, 7) is 8.95. The van der Waals surface area contributed by atoms with E-state index in [9.17, 15) is 0 Å². The largest absolute Gasteiger partial charge is 0.319 e. The molecule has 1 heterocycles. The highest BCUT2D eigenvalue weighted by Crippen LogP contribution is 2.39. The Kier molecular flexibility index (Phi) is 4.91. The first-order valence-electron chi connectivity index (χ1n) is 8.10. The van der Waals surface area contributed by atoms with Crippen molar-refractivity contribution in [2.45, 2.75) is 83.6 Å². The van der Waals surface area contributed by atoms with Crippen LogP contribution in [0.1, 0.15) is 83.3 Å². The third kappa shape index (κ3) is 3.62. The molecule has 0 amide bonds. The van der Waals surface area contributed by atoms with Crippen molar-refractivity contribution in [2.75, 3.05) is 0 Å². The molecule has 1 fully saturated rings. The van der Waals surface area contributed by atoms with Gasteiger partial charge in [-0.05, 0) is 25.2 Å². The fourth-order valence-corrected chi connectivity index (χ4v) is 4.41. The van der Waals surface area contributed by atoms with Crippen LogP contribution in [0.4, 0.5) is 0 Å². The van der Waals surface area contributed by atoms with Gasteiger partial charge in [-0.2, -0.15) is 0 Å². The molecular formula is C17H30N2S. The molecule has 0 spiro atoms. The van der Waals surface area contributed by atoms with Crippen molar-refractivity contribution in [3.63, 3.8) is 0 Å². The lowest BCUT2D eigenvalue weighted by Gasteiger charge is -2.26. The Labute approximate surface area is 128 Å². The Morgan fingerprint density at radius 3 is 2.70 bits per heavy atom. The maximum Gasteiger partial charge on any atom is 0.113 e. The molecule has 2 rings (SSSR count). The summed E-state index contributed by atoms with van der Waals surface area (Å²) in [5.41, 5.74) is 7.89. The number of hydrogen-bond acceptors (Lipinski definition) is 3. The van der Waals surface area contributed by atoms with Crippen LogP contribution < -0.4 is 5.73 Å². The minimum absolute atomic E-state index is 0.126. The molecule has 2 N–H and O–H groups in total. The summed E-state index contributed by atoms with van der Waals surface area (Å²) in [6, 6.07) is 0. The highest BCUT2D eigenvalue weighted by atomic mass is 32.1. The lowest BCUT2D eigenvalue weighted by atomic mass is 9.90. The second-order valence-corrected chi connectivity index (χ2v) is 8.39. The Hall–Kier alpha value is -0.410. The van der Waals surface area contributed by atoms with Crippen LogP contribution in [0, 0.1) is 5.92 Å². The number of thiazole rings is 1. The summed E-state index contributed by atoms with van der Waals surface area (Å²) in [4.78, 5) is 4.88. The minimum atomic E-state index is -0.170. The van der Waals surface area contributed by atoms with Crippen LogP contribution in [0.3, 0.4) is 0 Å². The van der Waals surface area contributed by atoms with Crippen molar-refractivity contribution >= 4 is 11.3 Å². The molecule has 1 aliphatic carbocycles. The van der Waals surface area contributed by atoms with Crippen molar-refractivity contribution < 1.29 is 0 Å². The van der Waals surface area contributed by atoms with E-state index < -0.39 is 0 Å². The quantitative estimate of drug-likeness (QED) is 0.799. The molecule has 2 unspecified atom stereocenters. The molecule has 0 aromatic carbocycles.